The maximum atomic E-state index is 5.47. The van der Waals surface area contributed by atoms with Crippen molar-refractivity contribution < 1.29 is 9.26 Å². The zero-order valence-electron chi connectivity index (χ0n) is 17.4. The van der Waals surface area contributed by atoms with E-state index >= 15 is 0 Å². The quantitative estimate of drug-likeness (QED) is 0.376. The van der Waals surface area contributed by atoms with Gasteiger partial charge in [0.25, 0.3) is 0 Å². The van der Waals surface area contributed by atoms with Crippen LogP contribution in [0, 0.1) is 5.92 Å². The summed E-state index contributed by atoms with van der Waals surface area (Å²) in [6.45, 7) is 8.53. The van der Waals surface area contributed by atoms with Crippen molar-refractivity contribution in [3.63, 3.8) is 0 Å². The van der Waals surface area contributed by atoms with Crippen molar-refractivity contribution in [1.82, 2.24) is 29.9 Å². The predicted molar refractivity (Wildman–Crippen MR) is 114 cm³/mol. The van der Waals surface area contributed by atoms with Crippen LogP contribution in [0.25, 0.3) is 11.4 Å². The molecule has 0 aliphatic carbocycles. The van der Waals surface area contributed by atoms with Crippen molar-refractivity contribution in [2.45, 2.75) is 38.4 Å². The van der Waals surface area contributed by atoms with Crippen LogP contribution in [0.2, 0.25) is 0 Å². The number of aryl methyl sites for hydroxylation is 1. The van der Waals surface area contributed by atoms with Crippen LogP contribution in [-0.2, 0) is 17.7 Å². The number of pyridine rings is 1. The van der Waals surface area contributed by atoms with Crippen LogP contribution in [0.1, 0.15) is 26.2 Å². The van der Waals surface area contributed by atoms with Gasteiger partial charge in [-0.1, -0.05) is 30.8 Å². The minimum atomic E-state index is 0.519. The summed E-state index contributed by atoms with van der Waals surface area (Å²) in [6.07, 6.45) is 5.10. The van der Waals surface area contributed by atoms with E-state index in [1.54, 1.807) is 24.2 Å². The Morgan fingerprint density at radius 1 is 1.13 bits per heavy atom. The Balaban J connectivity index is 1.33. The summed E-state index contributed by atoms with van der Waals surface area (Å²) < 4.78 is 13.1. The molecule has 0 aromatic carbocycles. The van der Waals surface area contributed by atoms with Crippen LogP contribution < -0.4 is 4.90 Å². The third-order valence-electron chi connectivity index (χ3n) is 4.71. The fourth-order valence-corrected chi connectivity index (χ4v) is 4.15. The second-order valence-corrected chi connectivity index (χ2v) is 8.65. The molecule has 4 rings (SSSR count). The van der Waals surface area contributed by atoms with Crippen LogP contribution in [-0.4, -0.2) is 61.9 Å². The van der Waals surface area contributed by atoms with Gasteiger partial charge in [0.2, 0.25) is 17.7 Å². The zero-order valence-corrected chi connectivity index (χ0v) is 18.2. The first-order valence-corrected chi connectivity index (χ1v) is 11.3. The van der Waals surface area contributed by atoms with Gasteiger partial charge in [0.1, 0.15) is 0 Å². The first-order chi connectivity index (χ1) is 14.7. The lowest BCUT2D eigenvalue weighted by Crippen LogP contribution is -2.38. The molecule has 160 valence electrons. The number of rotatable bonds is 9. The van der Waals surface area contributed by atoms with Gasteiger partial charge < -0.3 is 14.2 Å². The number of ether oxygens (including phenoxy) is 1. The van der Waals surface area contributed by atoms with Crippen molar-refractivity contribution in [2.75, 3.05) is 37.0 Å². The van der Waals surface area contributed by atoms with E-state index in [0.29, 0.717) is 17.6 Å². The molecule has 3 aromatic heterocycles. The first-order valence-electron chi connectivity index (χ1n) is 10.3. The van der Waals surface area contributed by atoms with Crippen molar-refractivity contribution in [1.29, 1.82) is 0 Å². The summed E-state index contributed by atoms with van der Waals surface area (Å²) in [5, 5.41) is 14.0. The van der Waals surface area contributed by atoms with E-state index in [-0.39, 0.29) is 0 Å². The summed E-state index contributed by atoms with van der Waals surface area (Å²) in [5.41, 5.74) is 0.909. The maximum Gasteiger partial charge on any atom is 0.228 e. The molecule has 4 heterocycles. The van der Waals surface area contributed by atoms with E-state index in [1.807, 2.05) is 12.1 Å². The molecule has 9 nitrogen and oxygen atoms in total. The lowest BCUT2D eigenvalue weighted by Gasteiger charge is -2.28. The van der Waals surface area contributed by atoms with Gasteiger partial charge in [-0.25, -0.2) is 0 Å². The minimum absolute atomic E-state index is 0.519. The average Bonchev–Trinajstić information content (AvgIpc) is 3.40. The Morgan fingerprint density at radius 3 is 2.70 bits per heavy atom. The lowest BCUT2D eigenvalue weighted by atomic mass is 10.2. The number of morpholine rings is 1. The van der Waals surface area contributed by atoms with Gasteiger partial charge in [-0.3, -0.25) is 9.55 Å². The Bertz CT molecular complexity index is 922. The van der Waals surface area contributed by atoms with Gasteiger partial charge in [-0.05, 0) is 24.5 Å². The molecule has 0 unspecified atom stereocenters. The minimum Gasteiger partial charge on any atom is -0.378 e. The van der Waals surface area contributed by atoms with E-state index in [0.717, 1.165) is 68.1 Å². The number of hydrogen-bond donors (Lipinski definition) is 0. The Morgan fingerprint density at radius 2 is 1.93 bits per heavy atom. The van der Waals surface area contributed by atoms with Gasteiger partial charge in [-0.2, -0.15) is 4.98 Å². The predicted octanol–water partition coefficient (Wildman–Crippen LogP) is 2.94. The summed E-state index contributed by atoms with van der Waals surface area (Å²) >= 11 is 1.73. The molecule has 10 heteroatoms. The van der Waals surface area contributed by atoms with Gasteiger partial charge in [0.05, 0.1) is 13.2 Å². The summed E-state index contributed by atoms with van der Waals surface area (Å²) in [6, 6.07) is 3.75. The number of thioether (sulfide) groups is 1. The summed E-state index contributed by atoms with van der Waals surface area (Å²) in [4.78, 5) is 10.8. The highest BCUT2D eigenvalue weighted by Crippen LogP contribution is 2.25. The number of hydrogen-bond acceptors (Lipinski definition) is 9. The third-order valence-corrected chi connectivity index (χ3v) is 5.76. The lowest BCUT2D eigenvalue weighted by molar-refractivity contribution is 0.121. The van der Waals surface area contributed by atoms with Crippen molar-refractivity contribution in [2.24, 2.45) is 5.92 Å². The van der Waals surface area contributed by atoms with E-state index < -0.39 is 0 Å². The van der Waals surface area contributed by atoms with Crippen molar-refractivity contribution in [3.05, 3.63) is 30.4 Å². The summed E-state index contributed by atoms with van der Waals surface area (Å²) in [5.74, 6) is 3.64. The SMILES string of the molecule is CC(C)Cn1c(SCCCc2nc(-c3ccncc3)no2)nnc1N1CCOCC1. The molecule has 0 N–H and O–H groups in total. The van der Waals surface area contributed by atoms with E-state index in [9.17, 15) is 0 Å². The fourth-order valence-electron chi connectivity index (χ4n) is 3.27. The standard InChI is InChI=1S/C20H27N7O2S/c1-15(2)14-27-19(26-9-11-28-12-10-26)23-24-20(27)30-13-3-4-17-22-18(25-29-17)16-5-7-21-8-6-16/h5-8,15H,3-4,9-14H2,1-2H3. The van der Waals surface area contributed by atoms with Gasteiger partial charge >= 0.3 is 0 Å². The molecule has 1 aliphatic rings. The highest BCUT2D eigenvalue weighted by Gasteiger charge is 2.21. The van der Waals surface area contributed by atoms with Gasteiger partial charge in [-0.15, -0.1) is 10.2 Å². The Labute approximate surface area is 180 Å². The van der Waals surface area contributed by atoms with E-state index in [4.69, 9.17) is 9.26 Å². The van der Waals surface area contributed by atoms with E-state index in [2.05, 4.69) is 48.6 Å². The third kappa shape index (κ3) is 5.17. The molecule has 0 amide bonds. The van der Waals surface area contributed by atoms with Crippen molar-refractivity contribution in [3.8, 4) is 11.4 Å². The molecule has 1 fully saturated rings. The van der Waals surface area contributed by atoms with Crippen LogP contribution in [0.5, 0.6) is 0 Å². The monoisotopic (exact) mass is 429 g/mol. The molecular formula is C20H27N7O2S. The molecule has 0 radical (unpaired) electrons. The molecule has 0 bridgehead atoms. The van der Waals surface area contributed by atoms with Crippen LogP contribution in [0.15, 0.2) is 34.2 Å². The fraction of sp³-hybridized carbons (Fsp3) is 0.550. The van der Waals surface area contributed by atoms with Crippen LogP contribution in [0.4, 0.5) is 5.95 Å². The van der Waals surface area contributed by atoms with E-state index in [1.165, 1.54) is 0 Å². The molecule has 1 aliphatic heterocycles. The zero-order chi connectivity index (χ0) is 20.8. The summed E-state index contributed by atoms with van der Waals surface area (Å²) in [7, 11) is 0. The Hall–Kier alpha value is -2.46. The Kier molecular flexibility index (Phi) is 6.96. The highest BCUT2D eigenvalue weighted by atomic mass is 32.2. The average molecular weight is 430 g/mol. The normalized spacial score (nSPS) is 14.6. The molecule has 30 heavy (non-hydrogen) atoms. The highest BCUT2D eigenvalue weighted by molar-refractivity contribution is 7.99. The van der Waals surface area contributed by atoms with Crippen LogP contribution in [0.3, 0.4) is 0 Å². The van der Waals surface area contributed by atoms with Crippen molar-refractivity contribution >= 4 is 17.7 Å². The molecule has 1 saturated heterocycles. The van der Waals surface area contributed by atoms with Crippen LogP contribution >= 0.6 is 11.8 Å². The topological polar surface area (TPSA) is 95.0 Å². The number of anilines is 1. The maximum absolute atomic E-state index is 5.47. The molecular weight excluding hydrogens is 402 g/mol. The second-order valence-electron chi connectivity index (χ2n) is 7.59. The smallest absolute Gasteiger partial charge is 0.228 e. The molecule has 0 spiro atoms. The van der Waals surface area contributed by atoms with Gasteiger partial charge in [0.15, 0.2) is 5.16 Å². The molecule has 3 aromatic rings. The molecule has 0 saturated carbocycles. The second kappa shape index (κ2) is 10.0. The number of aromatic nitrogens is 6. The largest absolute Gasteiger partial charge is 0.378 e. The molecule has 0 atom stereocenters. The van der Waals surface area contributed by atoms with Gasteiger partial charge in [0, 0.05) is 49.8 Å². The number of nitrogens with zero attached hydrogens (tertiary/aromatic N) is 7. The first kappa shape index (κ1) is 20.8.